The first-order chi connectivity index (χ1) is 14.7. The zero-order valence-corrected chi connectivity index (χ0v) is 18.3. The van der Waals surface area contributed by atoms with Crippen LogP contribution in [0, 0.1) is 6.92 Å². The predicted molar refractivity (Wildman–Crippen MR) is 116 cm³/mol. The molecule has 2 N–H and O–H groups in total. The number of benzene rings is 2. The van der Waals surface area contributed by atoms with Crippen molar-refractivity contribution in [3.63, 3.8) is 0 Å². The lowest BCUT2D eigenvalue weighted by Gasteiger charge is -2.40. The number of fused-ring (bicyclic) bond motifs is 1. The van der Waals surface area contributed by atoms with Gasteiger partial charge in [-0.05, 0) is 37.3 Å². The van der Waals surface area contributed by atoms with Gasteiger partial charge in [0.15, 0.2) is 0 Å². The molecule has 0 aliphatic carbocycles. The average molecular weight is 444 g/mol. The molecule has 2 amide bonds. The fraction of sp³-hybridized carbons (Fsp3) is 0.364. The van der Waals surface area contributed by atoms with Crippen LogP contribution >= 0.6 is 0 Å². The van der Waals surface area contributed by atoms with E-state index < -0.39 is 15.6 Å². The summed E-state index contributed by atoms with van der Waals surface area (Å²) in [5, 5.41) is 5.54. The lowest BCUT2D eigenvalue weighted by atomic mass is 9.92. The van der Waals surface area contributed by atoms with Crippen LogP contribution in [-0.2, 0) is 14.8 Å². The quantitative estimate of drug-likeness (QED) is 0.757. The summed E-state index contributed by atoms with van der Waals surface area (Å²) in [5.41, 5.74) is 1.25. The van der Waals surface area contributed by atoms with E-state index in [0.29, 0.717) is 36.4 Å². The molecule has 0 bridgehead atoms. The highest BCUT2D eigenvalue weighted by Crippen LogP contribution is 2.35. The van der Waals surface area contributed by atoms with Gasteiger partial charge in [-0.1, -0.05) is 17.7 Å². The van der Waals surface area contributed by atoms with Gasteiger partial charge in [0.05, 0.1) is 17.0 Å². The number of aryl methyl sites for hydroxylation is 1. The molecule has 4 rings (SSSR count). The summed E-state index contributed by atoms with van der Waals surface area (Å²) in [4.78, 5) is 23.9. The molecule has 0 atom stereocenters. The Labute approximate surface area is 181 Å². The normalized spacial score (nSPS) is 18.5. The summed E-state index contributed by atoms with van der Waals surface area (Å²) in [5.74, 6) is 0.0813. The number of amides is 2. The molecule has 2 aromatic rings. The van der Waals surface area contributed by atoms with Crippen molar-refractivity contribution in [2.45, 2.75) is 37.2 Å². The maximum atomic E-state index is 13.2. The molecule has 8 nitrogen and oxygen atoms in total. The smallest absolute Gasteiger partial charge is 0.255 e. The maximum Gasteiger partial charge on any atom is 0.255 e. The molecule has 2 heterocycles. The Balaban J connectivity index is 1.52. The van der Waals surface area contributed by atoms with E-state index >= 15 is 0 Å². The molecule has 1 fully saturated rings. The van der Waals surface area contributed by atoms with Gasteiger partial charge < -0.3 is 15.4 Å². The highest BCUT2D eigenvalue weighted by atomic mass is 32.2. The summed E-state index contributed by atoms with van der Waals surface area (Å²) in [6.45, 7) is 4.15. The monoisotopic (exact) mass is 443 g/mol. The fourth-order valence-electron chi connectivity index (χ4n) is 4.02. The molecule has 1 spiro atoms. The summed E-state index contributed by atoms with van der Waals surface area (Å²) >= 11 is 0. The van der Waals surface area contributed by atoms with Crippen LogP contribution in [0.3, 0.4) is 0 Å². The average Bonchev–Trinajstić information content (AvgIpc) is 2.85. The lowest BCUT2D eigenvalue weighted by Crippen LogP contribution is -2.54. The topological polar surface area (TPSA) is 105 Å². The Kier molecular flexibility index (Phi) is 5.49. The Morgan fingerprint density at radius 3 is 2.61 bits per heavy atom. The number of anilines is 1. The van der Waals surface area contributed by atoms with Crippen LogP contribution in [0.5, 0.6) is 5.75 Å². The number of carbonyl (C=O) groups excluding carboxylic acids is 2. The van der Waals surface area contributed by atoms with Crippen molar-refractivity contribution in [2.24, 2.45) is 0 Å². The van der Waals surface area contributed by atoms with E-state index in [1.165, 1.54) is 23.4 Å². The van der Waals surface area contributed by atoms with Gasteiger partial charge in [0.25, 0.3) is 5.91 Å². The van der Waals surface area contributed by atoms with Crippen LogP contribution < -0.4 is 15.4 Å². The van der Waals surface area contributed by atoms with Gasteiger partial charge in [-0.15, -0.1) is 0 Å². The number of nitrogens with zero attached hydrogens (tertiary/aromatic N) is 1. The van der Waals surface area contributed by atoms with E-state index in [1.54, 1.807) is 24.3 Å². The summed E-state index contributed by atoms with van der Waals surface area (Å²) < 4.78 is 34.0. The molecule has 2 aliphatic heterocycles. The Bertz CT molecular complexity index is 1140. The minimum absolute atomic E-state index is 0.130. The molecule has 2 aliphatic rings. The Morgan fingerprint density at radius 1 is 1.16 bits per heavy atom. The highest BCUT2D eigenvalue weighted by molar-refractivity contribution is 7.89. The number of hydrogen-bond acceptors (Lipinski definition) is 5. The van der Waals surface area contributed by atoms with Crippen LogP contribution in [0.2, 0.25) is 0 Å². The number of piperidine rings is 1. The number of hydrogen-bond donors (Lipinski definition) is 2. The van der Waals surface area contributed by atoms with Gasteiger partial charge in [-0.2, -0.15) is 4.31 Å². The van der Waals surface area contributed by atoms with Gasteiger partial charge >= 0.3 is 0 Å². The molecule has 0 aromatic heterocycles. The van der Waals surface area contributed by atoms with Crippen molar-refractivity contribution < 1.29 is 22.7 Å². The van der Waals surface area contributed by atoms with Crippen molar-refractivity contribution in [3.05, 3.63) is 53.6 Å². The minimum Gasteiger partial charge on any atom is -0.484 e. The summed E-state index contributed by atoms with van der Waals surface area (Å²) in [7, 11) is -3.72. The van der Waals surface area contributed by atoms with Crippen LogP contribution in [-0.4, -0.2) is 49.8 Å². The molecule has 0 radical (unpaired) electrons. The van der Waals surface area contributed by atoms with Crippen LogP contribution in [0.1, 0.15) is 35.7 Å². The third-order valence-electron chi connectivity index (χ3n) is 5.70. The number of ether oxygens (including phenoxy) is 1. The molecule has 0 unspecified atom stereocenters. The number of carbonyl (C=O) groups is 2. The van der Waals surface area contributed by atoms with Crippen molar-refractivity contribution in [3.8, 4) is 5.75 Å². The first kappa shape index (κ1) is 21.3. The number of rotatable bonds is 3. The van der Waals surface area contributed by atoms with E-state index in [1.807, 2.05) is 13.0 Å². The molecule has 9 heteroatoms. The zero-order chi connectivity index (χ0) is 22.2. The molecule has 1 saturated heterocycles. The van der Waals surface area contributed by atoms with Gasteiger partial charge in [0, 0.05) is 38.5 Å². The van der Waals surface area contributed by atoms with E-state index in [4.69, 9.17) is 4.74 Å². The predicted octanol–water partition coefficient (Wildman–Crippen LogP) is 2.30. The highest BCUT2D eigenvalue weighted by Gasteiger charge is 2.42. The number of sulfonamides is 1. The van der Waals surface area contributed by atoms with Crippen LogP contribution in [0.25, 0.3) is 0 Å². The molecule has 31 heavy (non-hydrogen) atoms. The van der Waals surface area contributed by atoms with Gasteiger partial charge in [-0.3, -0.25) is 9.59 Å². The molecule has 2 aromatic carbocycles. The first-order valence-corrected chi connectivity index (χ1v) is 11.6. The van der Waals surface area contributed by atoms with E-state index in [2.05, 4.69) is 10.6 Å². The zero-order valence-electron chi connectivity index (χ0n) is 17.5. The second-order valence-electron chi connectivity index (χ2n) is 8.08. The minimum atomic E-state index is -3.72. The third-order valence-corrected chi connectivity index (χ3v) is 7.60. The largest absolute Gasteiger partial charge is 0.484 e. The van der Waals surface area contributed by atoms with Crippen LogP contribution in [0.15, 0.2) is 47.4 Å². The van der Waals surface area contributed by atoms with Gasteiger partial charge in [0.1, 0.15) is 11.4 Å². The van der Waals surface area contributed by atoms with E-state index in [0.717, 1.165) is 5.56 Å². The van der Waals surface area contributed by atoms with Crippen molar-refractivity contribution in [1.29, 1.82) is 0 Å². The second kappa shape index (κ2) is 7.97. The van der Waals surface area contributed by atoms with E-state index in [9.17, 15) is 18.0 Å². The van der Waals surface area contributed by atoms with E-state index in [-0.39, 0.29) is 29.8 Å². The molecule has 0 saturated carbocycles. The Morgan fingerprint density at radius 2 is 1.90 bits per heavy atom. The van der Waals surface area contributed by atoms with Crippen molar-refractivity contribution in [2.75, 3.05) is 25.0 Å². The molecule has 164 valence electrons. The van der Waals surface area contributed by atoms with Gasteiger partial charge in [0.2, 0.25) is 15.9 Å². The second-order valence-corrected chi connectivity index (χ2v) is 10.0. The first-order valence-electron chi connectivity index (χ1n) is 10.1. The lowest BCUT2D eigenvalue weighted by molar-refractivity contribution is -0.114. The fourth-order valence-corrected chi connectivity index (χ4v) is 5.50. The van der Waals surface area contributed by atoms with Gasteiger partial charge in [-0.25, -0.2) is 8.42 Å². The standard InChI is InChI=1S/C22H25N3O5S/c1-15-6-7-20-19(12-15)21(27)23-14-22(30-20)8-10-25(11-9-22)31(28,29)18-5-3-4-17(13-18)24-16(2)26/h3-7,12-13H,8-11,14H2,1-2H3,(H,23,27)(H,24,26). The number of nitrogens with one attached hydrogen (secondary N) is 2. The summed E-state index contributed by atoms with van der Waals surface area (Å²) in [6.07, 6.45) is 0.899. The Hall–Kier alpha value is -2.91. The molecular formula is C22H25N3O5S. The van der Waals surface area contributed by atoms with Crippen molar-refractivity contribution >= 4 is 27.5 Å². The maximum absolute atomic E-state index is 13.2. The summed E-state index contributed by atoms with van der Waals surface area (Å²) in [6, 6.07) is 11.7. The molecular weight excluding hydrogens is 418 g/mol. The van der Waals surface area contributed by atoms with Crippen LogP contribution in [0.4, 0.5) is 5.69 Å². The van der Waals surface area contributed by atoms with Crippen molar-refractivity contribution in [1.82, 2.24) is 9.62 Å². The third kappa shape index (κ3) is 4.28. The SMILES string of the molecule is CC(=O)Nc1cccc(S(=O)(=O)N2CCC3(CC2)CNC(=O)c2cc(C)ccc2O3)c1.